The van der Waals surface area contributed by atoms with Crippen molar-refractivity contribution < 1.29 is 39.6 Å². The van der Waals surface area contributed by atoms with Crippen LogP contribution in [0.3, 0.4) is 0 Å². The molecule has 2 atom stereocenters. The molecule has 0 aromatic heterocycles. The molecule has 48 heavy (non-hydrogen) atoms. The Hall–Kier alpha value is -2.20. The number of aliphatic carboxylic acids is 2. The van der Waals surface area contributed by atoms with Gasteiger partial charge in [0.25, 0.3) is 0 Å². The van der Waals surface area contributed by atoms with E-state index in [0.29, 0.717) is 25.9 Å². The predicted molar refractivity (Wildman–Crippen MR) is 192 cm³/mol. The van der Waals surface area contributed by atoms with Gasteiger partial charge in [0, 0.05) is 38.8 Å². The highest BCUT2D eigenvalue weighted by molar-refractivity contribution is 5.77. The molecule has 10 heteroatoms. The van der Waals surface area contributed by atoms with Gasteiger partial charge in [-0.2, -0.15) is 0 Å². The van der Waals surface area contributed by atoms with Gasteiger partial charge in [-0.05, 0) is 51.4 Å². The number of amides is 2. The summed E-state index contributed by atoms with van der Waals surface area (Å²) in [6, 6.07) is 0. The second-order valence-corrected chi connectivity index (χ2v) is 13.7. The maximum Gasteiger partial charge on any atom is 0.303 e. The maximum atomic E-state index is 12.1. The minimum absolute atomic E-state index is 0.00444. The Kier molecular flexibility index (Phi) is 33.1. The Balaban J connectivity index is 3.44. The van der Waals surface area contributed by atoms with Crippen molar-refractivity contribution >= 4 is 23.8 Å². The predicted octanol–water partition coefficient (Wildman–Crippen LogP) is 7.81. The Bertz CT molecular complexity index is 731. The second-order valence-electron chi connectivity index (χ2n) is 13.7. The minimum atomic E-state index is -0.711. The van der Waals surface area contributed by atoms with Crippen LogP contribution in [0.15, 0.2) is 0 Å². The summed E-state index contributed by atoms with van der Waals surface area (Å²) >= 11 is 0. The zero-order valence-corrected chi connectivity index (χ0v) is 30.2. The monoisotopic (exact) mass is 685 g/mol. The number of carbonyl (C=O) groups excluding carboxylic acids is 2. The van der Waals surface area contributed by atoms with Crippen LogP contribution in [0, 0.1) is 0 Å². The van der Waals surface area contributed by atoms with E-state index in [1.807, 2.05) is 0 Å². The highest BCUT2D eigenvalue weighted by atomic mass is 16.4. The van der Waals surface area contributed by atoms with Gasteiger partial charge in [0.05, 0.1) is 12.2 Å². The maximum absolute atomic E-state index is 12.1. The molecule has 0 radical (unpaired) electrons. The van der Waals surface area contributed by atoms with Crippen LogP contribution in [0.4, 0.5) is 0 Å². The molecule has 0 saturated carbocycles. The molecule has 0 rings (SSSR count). The van der Waals surface area contributed by atoms with Crippen molar-refractivity contribution in [2.75, 3.05) is 13.1 Å². The molecular weight excluding hydrogens is 612 g/mol. The number of rotatable bonds is 37. The third-order valence-electron chi connectivity index (χ3n) is 9.01. The Morgan fingerprint density at radius 2 is 0.583 bits per heavy atom. The molecule has 0 heterocycles. The quantitative estimate of drug-likeness (QED) is 0.0359. The number of carboxylic acids is 2. The molecule has 10 nitrogen and oxygen atoms in total. The molecule has 0 aliphatic carbocycles. The third kappa shape index (κ3) is 36.6. The normalized spacial score (nSPS) is 12.5. The summed E-state index contributed by atoms with van der Waals surface area (Å²) in [6.07, 6.45) is 26.5. The molecule has 0 fully saturated rings. The van der Waals surface area contributed by atoms with Crippen LogP contribution in [0.25, 0.3) is 0 Å². The van der Waals surface area contributed by atoms with Crippen molar-refractivity contribution in [3.05, 3.63) is 0 Å². The van der Waals surface area contributed by atoms with Crippen molar-refractivity contribution in [2.24, 2.45) is 0 Å². The first kappa shape index (κ1) is 45.8. The van der Waals surface area contributed by atoms with E-state index in [-0.39, 0.29) is 36.9 Å². The second kappa shape index (κ2) is 34.7. The summed E-state index contributed by atoms with van der Waals surface area (Å²) in [5.41, 5.74) is 0. The van der Waals surface area contributed by atoms with E-state index in [2.05, 4.69) is 10.6 Å². The summed E-state index contributed by atoms with van der Waals surface area (Å²) < 4.78 is 0. The SMILES string of the molecule is O=C(O)CCCCCCCCCCC(O)CCCCCC(=O)NCCNC(=O)CCCCCC(O)CCCCCCCCCCC(=O)O. The molecule has 6 N–H and O–H groups in total. The highest BCUT2D eigenvalue weighted by Crippen LogP contribution is 2.16. The first-order valence-corrected chi connectivity index (χ1v) is 19.5. The number of hydrogen-bond donors (Lipinski definition) is 6. The summed E-state index contributed by atoms with van der Waals surface area (Å²) in [5, 5.41) is 43.4. The largest absolute Gasteiger partial charge is 0.481 e. The van der Waals surface area contributed by atoms with E-state index in [1.165, 1.54) is 25.7 Å². The number of nitrogens with one attached hydrogen (secondary N) is 2. The Morgan fingerprint density at radius 1 is 0.354 bits per heavy atom. The van der Waals surface area contributed by atoms with Crippen LogP contribution in [-0.2, 0) is 19.2 Å². The fourth-order valence-corrected chi connectivity index (χ4v) is 5.99. The number of hydrogen-bond acceptors (Lipinski definition) is 6. The van der Waals surface area contributed by atoms with E-state index in [0.717, 1.165) is 141 Å². The molecular formula is C38H72N2O8. The van der Waals surface area contributed by atoms with Crippen molar-refractivity contribution in [2.45, 2.75) is 205 Å². The molecule has 0 aromatic rings. The van der Waals surface area contributed by atoms with E-state index < -0.39 is 11.9 Å². The average Bonchev–Trinajstić information content (AvgIpc) is 3.04. The molecule has 0 spiro atoms. The van der Waals surface area contributed by atoms with E-state index in [9.17, 15) is 29.4 Å². The number of unbranched alkanes of at least 4 members (excludes halogenated alkanes) is 18. The van der Waals surface area contributed by atoms with E-state index in [4.69, 9.17) is 10.2 Å². The first-order valence-electron chi connectivity index (χ1n) is 19.5. The molecule has 0 aliphatic heterocycles. The van der Waals surface area contributed by atoms with Gasteiger partial charge in [-0.1, -0.05) is 116 Å². The van der Waals surface area contributed by atoms with Crippen LogP contribution in [0.1, 0.15) is 193 Å². The van der Waals surface area contributed by atoms with Crippen LogP contribution < -0.4 is 10.6 Å². The van der Waals surface area contributed by atoms with Crippen molar-refractivity contribution in [3.63, 3.8) is 0 Å². The van der Waals surface area contributed by atoms with Gasteiger partial charge in [-0.15, -0.1) is 0 Å². The molecule has 0 bridgehead atoms. The fourth-order valence-electron chi connectivity index (χ4n) is 5.99. The molecule has 0 aliphatic rings. The zero-order valence-electron chi connectivity index (χ0n) is 30.2. The average molecular weight is 685 g/mol. The summed E-state index contributed by atoms with van der Waals surface area (Å²) in [7, 11) is 0. The fraction of sp³-hybridized carbons (Fsp3) is 0.895. The van der Waals surface area contributed by atoms with Gasteiger partial charge < -0.3 is 31.1 Å². The Labute approximate surface area is 291 Å². The molecule has 282 valence electrons. The first-order chi connectivity index (χ1) is 23.2. The van der Waals surface area contributed by atoms with Gasteiger partial charge in [-0.25, -0.2) is 0 Å². The van der Waals surface area contributed by atoms with E-state index in [1.54, 1.807) is 0 Å². The lowest BCUT2D eigenvalue weighted by Crippen LogP contribution is -2.34. The molecule has 2 unspecified atom stereocenters. The minimum Gasteiger partial charge on any atom is -0.481 e. The standard InChI is InChI=1S/C38H72N2O8/c41-33(23-15-9-5-1-3-7-11-21-29-37(45)46)25-17-13-19-27-35(43)39-31-32-40-36(44)28-20-14-18-26-34(42)24-16-10-6-2-4-8-12-22-30-38(47)48/h33-34,41-42H,1-32H2,(H,39,43)(H,40,44)(H,45,46)(H,47,48). The topological polar surface area (TPSA) is 173 Å². The number of carbonyl (C=O) groups is 4. The molecule has 2 amide bonds. The van der Waals surface area contributed by atoms with Crippen LogP contribution >= 0.6 is 0 Å². The van der Waals surface area contributed by atoms with Crippen LogP contribution in [0.2, 0.25) is 0 Å². The van der Waals surface area contributed by atoms with Gasteiger partial charge in [0.15, 0.2) is 0 Å². The summed E-state index contributed by atoms with van der Waals surface area (Å²) in [4.78, 5) is 45.1. The molecule has 0 saturated heterocycles. The molecule has 0 aromatic carbocycles. The lowest BCUT2D eigenvalue weighted by atomic mass is 10.0. The zero-order chi connectivity index (χ0) is 35.5. The van der Waals surface area contributed by atoms with Gasteiger partial charge >= 0.3 is 11.9 Å². The van der Waals surface area contributed by atoms with Gasteiger partial charge in [0.1, 0.15) is 0 Å². The third-order valence-corrected chi connectivity index (χ3v) is 9.01. The van der Waals surface area contributed by atoms with Crippen molar-refractivity contribution in [1.82, 2.24) is 10.6 Å². The Morgan fingerprint density at radius 3 is 0.875 bits per heavy atom. The summed E-state index contributed by atoms with van der Waals surface area (Å²) in [5.74, 6) is -1.43. The number of aliphatic hydroxyl groups excluding tert-OH is 2. The lowest BCUT2D eigenvalue weighted by molar-refractivity contribution is -0.138. The smallest absolute Gasteiger partial charge is 0.303 e. The number of aliphatic hydroxyl groups is 2. The highest BCUT2D eigenvalue weighted by Gasteiger charge is 2.08. The van der Waals surface area contributed by atoms with Gasteiger partial charge in [0.2, 0.25) is 11.8 Å². The van der Waals surface area contributed by atoms with E-state index >= 15 is 0 Å². The van der Waals surface area contributed by atoms with Crippen molar-refractivity contribution in [1.29, 1.82) is 0 Å². The number of carboxylic acid groups (broad SMARTS) is 2. The lowest BCUT2D eigenvalue weighted by Gasteiger charge is -2.11. The summed E-state index contributed by atoms with van der Waals surface area (Å²) in [6.45, 7) is 0.847. The van der Waals surface area contributed by atoms with Crippen LogP contribution in [-0.4, -0.2) is 69.5 Å². The van der Waals surface area contributed by atoms with Crippen LogP contribution in [0.5, 0.6) is 0 Å². The van der Waals surface area contributed by atoms with Gasteiger partial charge in [-0.3, -0.25) is 19.2 Å². The van der Waals surface area contributed by atoms with Crippen molar-refractivity contribution in [3.8, 4) is 0 Å².